The third-order valence-corrected chi connectivity index (χ3v) is 6.94. The lowest BCUT2D eigenvalue weighted by Crippen LogP contribution is -2.31. The summed E-state index contributed by atoms with van der Waals surface area (Å²) >= 11 is 0. The first kappa shape index (κ1) is 23.0. The van der Waals surface area contributed by atoms with Crippen LogP contribution in [0.1, 0.15) is 56.6 Å². The van der Waals surface area contributed by atoms with Gasteiger partial charge in [0.15, 0.2) is 0 Å². The van der Waals surface area contributed by atoms with Gasteiger partial charge in [-0.3, -0.25) is 9.58 Å². The maximum absolute atomic E-state index is 12.4. The Balaban J connectivity index is 1.64. The lowest BCUT2D eigenvalue weighted by Gasteiger charge is -2.30. The molecule has 0 saturated carbocycles. The first-order chi connectivity index (χ1) is 16.9. The quantitative estimate of drug-likeness (QED) is 0.422. The topological polar surface area (TPSA) is 71.2 Å². The number of carbonyl (C=O) groups is 1. The molecule has 6 heteroatoms. The van der Waals surface area contributed by atoms with Gasteiger partial charge in [-0.05, 0) is 50.6 Å². The number of likely N-dealkylation sites (N-methyl/N-ethyl adjacent to an activating group) is 1. The Kier molecular flexibility index (Phi) is 5.99. The maximum atomic E-state index is 12.4. The second-order valence-corrected chi connectivity index (χ2v) is 9.34. The summed E-state index contributed by atoms with van der Waals surface area (Å²) in [7, 11) is 0. The summed E-state index contributed by atoms with van der Waals surface area (Å²) in [6.45, 7) is 11.2. The molecule has 0 bridgehead atoms. The predicted molar refractivity (Wildman–Crippen MR) is 140 cm³/mol. The molecule has 35 heavy (non-hydrogen) atoms. The summed E-state index contributed by atoms with van der Waals surface area (Å²) in [5, 5.41) is 15.7. The molecule has 0 unspecified atom stereocenters. The van der Waals surface area contributed by atoms with Crippen LogP contribution in [-0.2, 0) is 13.1 Å². The molecule has 1 aliphatic heterocycles. The van der Waals surface area contributed by atoms with Crippen LogP contribution < -0.4 is 0 Å². The molecule has 0 amide bonds. The van der Waals surface area contributed by atoms with Crippen molar-refractivity contribution in [3.8, 4) is 0 Å². The summed E-state index contributed by atoms with van der Waals surface area (Å²) < 4.78 is 2.05. The Morgan fingerprint density at radius 3 is 2.51 bits per heavy atom. The minimum atomic E-state index is -0.907. The Hall–Kier alpha value is -3.77. The van der Waals surface area contributed by atoms with Crippen LogP contribution in [0.4, 0.5) is 0 Å². The molecule has 1 N–H and O–H groups in total. The standard InChI is InChI=1S/C29H30N4O2/c1-5-32-16-22(28-25(17-32)27(29(34)35)23-8-6-7-9-26(23)30-28)14-24-19(3)31-33(20(24)4)15-21-12-10-18(2)11-13-21/h6-14H,5,15-17H2,1-4H3,(H,34,35)/b22-14-. The van der Waals surface area contributed by atoms with E-state index in [0.29, 0.717) is 29.6 Å². The summed E-state index contributed by atoms with van der Waals surface area (Å²) in [5.74, 6) is -0.907. The first-order valence-electron chi connectivity index (χ1n) is 12.0. The molecule has 0 saturated heterocycles. The van der Waals surface area contributed by atoms with Crippen molar-refractivity contribution >= 4 is 28.5 Å². The van der Waals surface area contributed by atoms with Gasteiger partial charge in [-0.2, -0.15) is 5.10 Å². The third kappa shape index (κ3) is 4.26. The van der Waals surface area contributed by atoms with Crippen LogP contribution in [0.25, 0.3) is 22.6 Å². The lowest BCUT2D eigenvalue weighted by molar-refractivity contribution is 0.0696. The van der Waals surface area contributed by atoms with E-state index in [1.54, 1.807) is 0 Å². The lowest BCUT2D eigenvalue weighted by atomic mass is 9.92. The molecule has 0 atom stereocenters. The van der Waals surface area contributed by atoms with E-state index in [1.807, 2.05) is 35.9 Å². The van der Waals surface area contributed by atoms with Gasteiger partial charge in [0.2, 0.25) is 0 Å². The SMILES string of the molecule is CCN1C/C(=C/c2c(C)nn(Cc3ccc(C)cc3)c2C)c2nc3ccccc3c(C(=O)O)c2C1. The van der Waals surface area contributed by atoms with Crippen molar-refractivity contribution in [2.45, 2.75) is 40.8 Å². The van der Waals surface area contributed by atoms with Crippen LogP contribution in [0, 0.1) is 20.8 Å². The van der Waals surface area contributed by atoms with Gasteiger partial charge in [-0.15, -0.1) is 0 Å². The fraction of sp³-hybridized carbons (Fsp3) is 0.276. The Morgan fingerprint density at radius 2 is 1.80 bits per heavy atom. The molecular formula is C29H30N4O2. The van der Waals surface area contributed by atoms with E-state index in [4.69, 9.17) is 10.1 Å². The van der Waals surface area contributed by atoms with E-state index in [0.717, 1.165) is 46.9 Å². The summed E-state index contributed by atoms with van der Waals surface area (Å²) in [4.78, 5) is 19.6. The number of benzene rings is 2. The Morgan fingerprint density at radius 1 is 1.06 bits per heavy atom. The molecule has 2 aromatic heterocycles. The fourth-order valence-corrected chi connectivity index (χ4v) is 4.96. The first-order valence-corrected chi connectivity index (χ1v) is 12.0. The van der Waals surface area contributed by atoms with Crippen LogP contribution in [0.2, 0.25) is 0 Å². The van der Waals surface area contributed by atoms with Crippen LogP contribution in [0.15, 0.2) is 48.5 Å². The van der Waals surface area contributed by atoms with Gasteiger partial charge in [0.05, 0.1) is 29.0 Å². The normalized spacial score (nSPS) is 15.0. The number of rotatable bonds is 5. The van der Waals surface area contributed by atoms with Gasteiger partial charge in [0.25, 0.3) is 0 Å². The minimum Gasteiger partial charge on any atom is -0.478 e. The van der Waals surface area contributed by atoms with Gasteiger partial charge in [0, 0.05) is 35.3 Å². The zero-order valence-electron chi connectivity index (χ0n) is 20.7. The van der Waals surface area contributed by atoms with Crippen molar-refractivity contribution in [3.05, 3.63) is 93.4 Å². The van der Waals surface area contributed by atoms with Crippen LogP contribution in [0.3, 0.4) is 0 Å². The van der Waals surface area contributed by atoms with E-state index < -0.39 is 5.97 Å². The molecule has 6 nitrogen and oxygen atoms in total. The smallest absolute Gasteiger partial charge is 0.336 e. The minimum absolute atomic E-state index is 0.359. The number of hydrogen-bond acceptors (Lipinski definition) is 4. The molecule has 5 rings (SSSR count). The summed E-state index contributed by atoms with van der Waals surface area (Å²) in [6.07, 6.45) is 2.16. The molecule has 0 spiro atoms. The molecule has 4 aromatic rings. The molecular weight excluding hydrogens is 436 g/mol. The summed E-state index contributed by atoms with van der Waals surface area (Å²) in [6, 6.07) is 16.0. The second-order valence-electron chi connectivity index (χ2n) is 9.34. The van der Waals surface area contributed by atoms with Crippen molar-refractivity contribution in [2.24, 2.45) is 0 Å². The second kappa shape index (κ2) is 9.12. The highest BCUT2D eigenvalue weighted by Gasteiger charge is 2.28. The Bertz CT molecular complexity index is 1460. The molecule has 0 fully saturated rings. The van der Waals surface area contributed by atoms with Crippen molar-refractivity contribution in [3.63, 3.8) is 0 Å². The summed E-state index contributed by atoms with van der Waals surface area (Å²) in [5.41, 5.74) is 9.24. The highest BCUT2D eigenvalue weighted by atomic mass is 16.4. The number of nitrogens with zero attached hydrogens (tertiary/aromatic N) is 4. The molecule has 1 aliphatic rings. The zero-order chi connectivity index (χ0) is 24.7. The van der Waals surface area contributed by atoms with Gasteiger partial charge >= 0.3 is 5.97 Å². The van der Waals surface area contributed by atoms with E-state index in [-0.39, 0.29) is 0 Å². The zero-order valence-corrected chi connectivity index (χ0v) is 20.7. The number of aromatic carboxylic acids is 1. The number of carboxylic acids is 1. The maximum Gasteiger partial charge on any atom is 0.336 e. The van der Waals surface area contributed by atoms with Crippen molar-refractivity contribution in [1.82, 2.24) is 19.7 Å². The van der Waals surface area contributed by atoms with Crippen molar-refractivity contribution in [1.29, 1.82) is 0 Å². The number of fused-ring (bicyclic) bond motifs is 2. The monoisotopic (exact) mass is 466 g/mol. The van der Waals surface area contributed by atoms with Crippen molar-refractivity contribution in [2.75, 3.05) is 13.1 Å². The predicted octanol–water partition coefficient (Wildman–Crippen LogP) is 5.48. The van der Waals surface area contributed by atoms with E-state index in [2.05, 4.69) is 56.0 Å². The van der Waals surface area contributed by atoms with Crippen LogP contribution in [-0.4, -0.2) is 43.8 Å². The average Bonchev–Trinajstić information content (AvgIpc) is 3.10. The molecule has 178 valence electrons. The van der Waals surface area contributed by atoms with E-state index in [9.17, 15) is 9.90 Å². The van der Waals surface area contributed by atoms with Gasteiger partial charge in [0.1, 0.15) is 0 Å². The molecule has 3 heterocycles. The number of pyridine rings is 1. The highest BCUT2D eigenvalue weighted by molar-refractivity contribution is 6.06. The van der Waals surface area contributed by atoms with Crippen LogP contribution in [0.5, 0.6) is 0 Å². The number of carboxylic acid groups (broad SMARTS) is 1. The molecule has 2 aromatic carbocycles. The largest absolute Gasteiger partial charge is 0.478 e. The van der Waals surface area contributed by atoms with Gasteiger partial charge in [-0.1, -0.05) is 55.0 Å². The van der Waals surface area contributed by atoms with E-state index >= 15 is 0 Å². The van der Waals surface area contributed by atoms with Crippen molar-refractivity contribution < 1.29 is 9.90 Å². The Labute approximate surface area is 205 Å². The third-order valence-electron chi connectivity index (χ3n) is 6.94. The number of aromatic nitrogens is 3. The highest BCUT2D eigenvalue weighted by Crippen LogP contribution is 2.34. The molecule has 0 radical (unpaired) electrons. The number of hydrogen-bond donors (Lipinski definition) is 1. The van der Waals surface area contributed by atoms with Crippen LogP contribution >= 0.6 is 0 Å². The average molecular weight is 467 g/mol. The number of para-hydroxylation sites is 1. The van der Waals surface area contributed by atoms with E-state index in [1.165, 1.54) is 11.1 Å². The van der Waals surface area contributed by atoms with Gasteiger partial charge < -0.3 is 5.11 Å². The number of aryl methyl sites for hydroxylation is 2. The van der Waals surface area contributed by atoms with Gasteiger partial charge in [-0.25, -0.2) is 9.78 Å². The molecule has 0 aliphatic carbocycles. The fourth-order valence-electron chi connectivity index (χ4n) is 4.96.